The van der Waals surface area contributed by atoms with Gasteiger partial charge < -0.3 is 15.5 Å². The predicted molar refractivity (Wildman–Crippen MR) is 96.1 cm³/mol. The third kappa shape index (κ3) is 3.99. The van der Waals surface area contributed by atoms with E-state index in [0.717, 1.165) is 18.2 Å². The smallest absolute Gasteiger partial charge is 0.246 e. The largest absolute Gasteiger partial charge is 0.374 e. The summed E-state index contributed by atoms with van der Waals surface area (Å²) in [7, 11) is 0. The number of halogens is 2. The van der Waals surface area contributed by atoms with Crippen molar-refractivity contribution in [2.45, 2.75) is 25.8 Å². The van der Waals surface area contributed by atoms with E-state index in [-0.39, 0.29) is 11.6 Å². The van der Waals surface area contributed by atoms with E-state index >= 15 is 0 Å². The van der Waals surface area contributed by atoms with Gasteiger partial charge in [0.15, 0.2) is 0 Å². The van der Waals surface area contributed by atoms with Crippen LogP contribution < -0.4 is 15.5 Å². The molecule has 26 heavy (non-hydrogen) atoms. The molecule has 136 valence electrons. The minimum atomic E-state index is -0.833. The summed E-state index contributed by atoms with van der Waals surface area (Å²) in [5.41, 5.74) is 1.36. The lowest BCUT2D eigenvalue weighted by molar-refractivity contribution is -0.117. The summed E-state index contributed by atoms with van der Waals surface area (Å²) in [5.74, 6) is -1.92. The van der Waals surface area contributed by atoms with E-state index in [2.05, 4.69) is 10.6 Å². The molecule has 1 heterocycles. The highest BCUT2D eigenvalue weighted by molar-refractivity contribution is 5.97. The molecule has 1 unspecified atom stereocenters. The molecule has 5 nitrogen and oxygen atoms in total. The van der Waals surface area contributed by atoms with Crippen LogP contribution in [0.25, 0.3) is 0 Å². The lowest BCUT2D eigenvalue weighted by Crippen LogP contribution is -2.32. The Morgan fingerprint density at radius 1 is 1.19 bits per heavy atom. The SMILES string of the molecule is CC(Nc1cccc(N2CCCC2=O)c1)C(=O)Nc1ccc(F)cc1F. The Bertz CT molecular complexity index is 841. The number of carbonyl (C=O) groups is 2. The normalized spacial score (nSPS) is 15.0. The Hall–Kier alpha value is -2.96. The van der Waals surface area contributed by atoms with Crippen molar-refractivity contribution in [1.29, 1.82) is 0 Å². The highest BCUT2D eigenvalue weighted by atomic mass is 19.1. The molecule has 7 heteroatoms. The number of benzene rings is 2. The van der Waals surface area contributed by atoms with Crippen LogP contribution in [0.2, 0.25) is 0 Å². The fourth-order valence-electron chi connectivity index (χ4n) is 2.83. The second kappa shape index (κ2) is 7.51. The number of carbonyl (C=O) groups excluding carboxylic acids is 2. The van der Waals surface area contributed by atoms with Crippen molar-refractivity contribution in [3.05, 3.63) is 54.1 Å². The third-order valence-electron chi connectivity index (χ3n) is 4.20. The van der Waals surface area contributed by atoms with Crippen LogP contribution in [-0.4, -0.2) is 24.4 Å². The van der Waals surface area contributed by atoms with Gasteiger partial charge in [0, 0.05) is 30.4 Å². The van der Waals surface area contributed by atoms with E-state index in [1.807, 2.05) is 6.07 Å². The summed E-state index contributed by atoms with van der Waals surface area (Å²) in [5, 5.41) is 5.45. The first-order chi connectivity index (χ1) is 12.4. The Balaban J connectivity index is 1.66. The Morgan fingerprint density at radius 2 is 2.00 bits per heavy atom. The van der Waals surface area contributed by atoms with Gasteiger partial charge in [0.2, 0.25) is 11.8 Å². The summed E-state index contributed by atoms with van der Waals surface area (Å²) in [6, 6.07) is 9.52. The first-order valence-electron chi connectivity index (χ1n) is 8.37. The summed E-state index contributed by atoms with van der Waals surface area (Å²) in [6.07, 6.45) is 1.37. The van der Waals surface area contributed by atoms with Crippen LogP contribution in [0.15, 0.2) is 42.5 Å². The van der Waals surface area contributed by atoms with Crippen molar-refractivity contribution >= 4 is 28.9 Å². The molecule has 2 aromatic carbocycles. The van der Waals surface area contributed by atoms with Crippen molar-refractivity contribution in [2.75, 3.05) is 22.1 Å². The standard InChI is InChI=1S/C19H19F2N3O2/c1-12(19(26)23-17-8-7-13(20)10-16(17)21)22-14-4-2-5-15(11-14)24-9-3-6-18(24)25/h2,4-5,7-8,10-12,22H,3,6,9H2,1H3,(H,23,26). The summed E-state index contributed by atoms with van der Waals surface area (Å²) < 4.78 is 26.6. The summed E-state index contributed by atoms with van der Waals surface area (Å²) >= 11 is 0. The number of hydrogen-bond acceptors (Lipinski definition) is 3. The molecule has 0 aromatic heterocycles. The fourth-order valence-corrected chi connectivity index (χ4v) is 2.83. The van der Waals surface area contributed by atoms with Crippen LogP contribution >= 0.6 is 0 Å². The minimum absolute atomic E-state index is 0.0820. The van der Waals surface area contributed by atoms with Gasteiger partial charge in [-0.25, -0.2) is 8.78 Å². The number of amides is 2. The van der Waals surface area contributed by atoms with Crippen molar-refractivity contribution in [2.24, 2.45) is 0 Å². The first kappa shape index (κ1) is 17.8. The molecule has 1 aliphatic rings. The molecule has 0 aliphatic carbocycles. The molecule has 0 saturated carbocycles. The van der Waals surface area contributed by atoms with Crippen LogP contribution in [0.4, 0.5) is 25.8 Å². The van der Waals surface area contributed by atoms with Crippen LogP contribution in [-0.2, 0) is 9.59 Å². The first-order valence-corrected chi connectivity index (χ1v) is 8.37. The minimum Gasteiger partial charge on any atom is -0.374 e. The average molecular weight is 359 g/mol. The van der Waals surface area contributed by atoms with Crippen LogP contribution in [0.5, 0.6) is 0 Å². The molecular weight excluding hydrogens is 340 g/mol. The van der Waals surface area contributed by atoms with Gasteiger partial charge in [0.05, 0.1) is 5.69 Å². The lowest BCUT2D eigenvalue weighted by atomic mass is 10.2. The van der Waals surface area contributed by atoms with Gasteiger partial charge in [0.25, 0.3) is 0 Å². The van der Waals surface area contributed by atoms with Gasteiger partial charge in [-0.1, -0.05) is 6.07 Å². The van der Waals surface area contributed by atoms with Gasteiger partial charge in [-0.15, -0.1) is 0 Å². The average Bonchev–Trinajstić information content (AvgIpc) is 3.03. The van der Waals surface area contributed by atoms with E-state index in [1.165, 1.54) is 6.07 Å². The monoisotopic (exact) mass is 359 g/mol. The van der Waals surface area contributed by atoms with Crippen LogP contribution in [0.3, 0.4) is 0 Å². The number of hydrogen-bond donors (Lipinski definition) is 2. The molecule has 1 saturated heterocycles. The molecule has 2 N–H and O–H groups in total. The Labute approximate surface area is 150 Å². The van der Waals surface area contributed by atoms with Crippen molar-refractivity contribution in [3.63, 3.8) is 0 Å². The fraction of sp³-hybridized carbons (Fsp3) is 0.263. The van der Waals surface area contributed by atoms with E-state index < -0.39 is 23.6 Å². The van der Waals surface area contributed by atoms with Gasteiger partial charge in [0.1, 0.15) is 17.7 Å². The zero-order valence-electron chi connectivity index (χ0n) is 14.3. The number of nitrogens with zero attached hydrogens (tertiary/aromatic N) is 1. The molecule has 2 amide bonds. The Kier molecular flexibility index (Phi) is 5.16. The molecule has 0 spiro atoms. The number of nitrogens with one attached hydrogen (secondary N) is 2. The van der Waals surface area contributed by atoms with E-state index in [9.17, 15) is 18.4 Å². The van der Waals surface area contributed by atoms with Gasteiger partial charge >= 0.3 is 0 Å². The lowest BCUT2D eigenvalue weighted by Gasteiger charge is -2.19. The van der Waals surface area contributed by atoms with E-state index in [1.54, 1.807) is 30.0 Å². The molecule has 0 bridgehead atoms. The molecule has 1 aliphatic heterocycles. The number of anilines is 3. The second-order valence-electron chi connectivity index (χ2n) is 6.18. The van der Waals surface area contributed by atoms with Gasteiger partial charge in [-0.2, -0.15) is 0 Å². The zero-order chi connectivity index (χ0) is 18.7. The highest BCUT2D eigenvalue weighted by Crippen LogP contribution is 2.24. The second-order valence-corrected chi connectivity index (χ2v) is 6.18. The topological polar surface area (TPSA) is 61.4 Å². The molecule has 0 radical (unpaired) electrons. The third-order valence-corrected chi connectivity index (χ3v) is 4.20. The van der Waals surface area contributed by atoms with Gasteiger partial charge in [-0.05, 0) is 43.7 Å². The summed E-state index contributed by atoms with van der Waals surface area (Å²) in [6.45, 7) is 2.31. The molecule has 1 fully saturated rings. The van der Waals surface area contributed by atoms with E-state index in [4.69, 9.17) is 0 Å². The Morgan fingerprint density at radius 3 is 2.69 bits per heavy atom. The number of rotatable bonds is 5. The van der Waals surface area contributed by atoms with Crippen molar-refractivity contribution in [1.82, 2.24) is 0 Å². The maximum absolute atomic E-state index is 13.7. The maximum Gasteiger partial charge on any atom is 0.246 e. The maximum atomic E-state index is 13.7. The predicted octanol–water partition coefficient (Wildman–Crippen LogP) is 3.53. The van der Waals surface area contributed by atoms with Crippen LogP contribution in [0, 0.1) is 11.6 Å². The van der Waals surface area contributed by atoms with Gasteiger partial charge in [-0.3, -0.25) is 9.59 Å². The summed E-state index contributed by atoms with van der Waals surface area (Å²) in [4.78, 5) is 25.8. The van der Waals surface area contributed by atoms with E-state index in [0.29, 0.717) is 24.7 Å². The van der Waals surface area contributed by atoms with Crippen molar-refractivity contribution in [3.8, 4) is 0 Å². The molecular formula is C19H19F2N3O2. The molecule has 2 aromatic rings. The van der Waals surface area contributed by atoms with Crippen molar-refractivity contribution < 1.29 is 18.4 Å². The van der Waals surface area contributed by atoms with Crippen LogP contribution in [0.1, 0.15) is 19.8 Å². The highest BCUT2D eigenvalue weighted by Gasteiger charge is 2.22. The quantitative estimate of drug-likeness (QED) is 0.859. The molecule has 1 atom stereocenters. The molecule has 3 rings (SSSR count). The zero-order valence-corrected chi connectivity index (χ0v) is 14.3.